The molecule has 0 radical (unpaired) electrons. The van der Waals surface area contributed by atoms with Crippen LogP contribution in [-0.2, 0) is 0 Å². The Morgan fingerprint density at radius 3 is 2.44 bits per heavy atom. The van der Waals surface area contributed by atoms with E-state index in [0.717, 1.165) is 17.0 Å². The Labute approximate surface area is 95.5 Å². The van der Waals surface area contributed by atoms with E-state index in [1.807, 2.05) is 30.5 Å². The molecule has 0 saturated carbocycles. The molecule has 0 saturated heterocycles. The summed E-state index contributed by atoms with van der Waals surface area (Å²) < 4.78 is 5.14. The average molecular weight is 216 g/mol. The van der Waals surface area contributed by atoms with Gasteiger partial charge in [-0.15, -0.1) is 0 Å². The first-order valence-corrected chi connectivity index (χ1v) is 5.40. The van der Waals surface area contributed by atoms with Gasteiger partial charge in [0.1, 0.15) is 5.75 Å². The third-order valence-corrected chi connectivity index (χ3v) is 2.67. The number of nitrogens with one attached hydrogen (secondary N) is 1. The number of benzene rings is 1. The Balaban J connectivity index is 2.38. The Bertz CT molecular complexity index is 457. The zero-order valence-corrected chi connectivity index (χ0v) is 9.82. The lowest BCUT2D eigenvalue weighted by molar-refractivity contribution is 0.415. The molecule has 2 aromatic rings. The number of methoxy groups -OCH3 is 1. The molecule has 3 nitrogen and oxygen atoms in total. The van der Waals surface area contributed by atoms with Gasteiger partial charge in [-0.1, -0.05) is 13.8 Å². The molecule has 84 valence electrons. The van der Waals surface area contributed by atoms with Crippen molar-refractivity contribution >= 4 is 0 Å². The van der Waals surface area contributed by atoms with Gasteiger partial charge in [0, 0.05) is 11.1 Å². The van der Waals surface area contributed by atoms with Crippen LogP contribution in [0.25, 0.3) is 11.3 Å². The topological polar surface area (TPSA) is 37.9 Å². The average Bonchev–Trinajstić information content (AvgIpc) is 2.78. The maximum absolute atomic E-state index is 5.14. The first-order valence-electron chi connectivity index (χ1n) is 5.40. The molecule has 1 aromatic carbocycles. The molecule has 1 heterocycles. The van der Waals surface area contributed by atoms with Crippen LogP contribution in [0, 0.1) is 0 Å². The summed E-state index contributed by atoms with van der Waals surface area (Å²) in [6.07, 6.45) is 1.89. The van der Waals surface area contributed by atoms with Gasteiger partial charge in [0.25, 0.3) is 0 Å². The number of hydrogen-bond donors (Lipinski definition) is 1. The van der Waals surface area contributed by atoms with E-state index in [2.05, 4.69) is 24.0 Å². The lowest BCUT2D eigenvalue weighted by atomic mass is 10.00. The number of hydrogen-bond acceptors (Lipinski definition) is 2. The lowest BCUT2D eigenvalue weighted by Crippen LogP contribution is -1.89. The Kier molecular flexibility index (Phi) is 2.95. The molecule has 0 unspecified atom stereocenters. The third-order valence-electron chi connectivity index (χ3n) is 2.67. The summed E-state index contributed by atoms with van der Waals surface area (Å²) in [4.78, 5) is 0. The SMILES string of the molecule is COc1ccc(-c2[nH]ncc2C(C)C)cc1. The van der Waals surface area contributed by atoms with Gasteiger partial charge < -0.3 is 4.74 Å². The van der Waals surface area contributed by atoms with Crippen LogP contribution in [0.2, 0.25) is 0 Å². The number of nitrogens with zero attached hydrogens (tertiary/aromatic N) is 1. The Morgan fingerprint density at radius 1 is 1.19 bits per heavy atom. The highest BCUT2D eigenvalue weighted by atomic mass is 16.5. The van der Waals surface area contributed by atoms with Crippen LogP contribution in [-0.4, -0.2) is 17.3 Å². The highest BCUT2D eigenvalue weighted by Crippen LogP contribution is 2.27. The van der Waals surface area contributed by atoms with Crippen LogP contribution >= 0.6 is 0 Å². The van der Waals surface area contributed by atoms with Crippen molar-refractivity contribution in [2.24, 2.45) is 0 Å². The maximum Gasteiger partial charge on any atom is 0.118 e. The van der Waals surface area contributed by atoms with Crippen LogP contribution in [0.4, 0.5) is 0 Å². The van der Waals surface area contributed by atoms with E-state index < -0.39 is 0 Å². The predicted octanol–water partition coefficient (Wildman–Crippen LogP) is 3.21. The maximum atomic E-state index is 5.14. The summed E-state index contributed by atoms with van der Waals surface area (Å²) in [6, 6.07) is 8.00. The van der Waals surface area contributed by atoms with Gasteiger partial charge in [0.05, 0.1) is 19.0 Å². The van der Waals surface area contributed by atoms with Crippen molar-refractivity contribution in [2.45, 2.75) is 19.8 Å². The lowest BCUT2D eigenvalue weighted by Gasteiger charge is -2.06. The van der Waals surface area contributed by atoms with Crippen LogP contribution in [0.3, 0.4) is 0 Å². The molecule has 2 rings (SSSR count). The number of H-pyrrole nitrogens is 1. The van der Waals surface area contributed by atoms with E-state index in [0.29, 0.717) is 5.92 Å². The summed E-state index contributed by atoms with van der Waals surface area (Å²) in [5.41, 5.74) is 3.48. The van der Waals surface area contributed by atoms with Gasteiger partial charge in [-0.2, -0.15) is 5.10 Å². The fourth-order valence-electron chi connectivity index (χ4n) is 1.72. The van der Waals surface area contributed by atoms with Gasteiger partial charge in [0.2, 0.25) is 0 Å². The summed E-state index contributed by atoms with van der Waals surface area (Å²) in [5, 5.41) is 7.16. The second-order valence-corrected chi connectivity index (χ2v) is 4.08. The monoisotopic (exact) mass is 216 g/mol. The molecule has 0 bridgehead atoms. The first-order chi connectivity index (χ1) is 7.72. The molecule has 3 heteroatoms. The van der Waals surface area contributed by atoms with E-state index in [-0.39, 0.29) is 0 Å². The van der Waals surface area contributed by atoms with Gasteiger partial charge in [-0.3, -0.25) is 5.10 Å². The number of rotatable bonds is 3. The van der Waals surface area contributed by atoms with Gasteiger partial charge in [-0.25, -0.2) is 0 Å². The molecule has 0 aliphatic rings. The van der Waals surface area contributed by atoms with E-state index in [4.69, 9.17) is 4.74 Å². The van der Waals surface area contributed by atoms with Crippen LogP contribution in [0.5, 0.6) is 5.75 Å². The molecule has 0 atom stereocenters. The van der Waals surface area contributed by atoms with Crippen molar-refractivity contribution < 1.29 is 4.74 Å². The number of aromatic nitrogens is 2. The van der Waals surface area contributed by atoms with Crippen molar-refractivity contribution in [3.63, 3.8) is 0 Å². The first kappa shape index (κ1) is 10.7. The molecule has 0 amide bonds. The fraction of sp³-hybridized carbons (Fsp3) is 0.308. The van der Waals surface area contributed by atoms with Crippen LogP contribution < -0.4 is 4.74 Å². The highest BCUT2D eigenvalue weighted by Gasteiger charge is 2.10. The molecule has 0 fully saturated rings. The second kappa shape index (κ2) is 4.39. The third kappa shape index (κ3) is 1.94. The largest absolute Gasteiger partial charge is 0.497 e. The molecule has 1 N–H and O–H groups in total. The highest BCUT2D eigenvalue weighted by molar-refractivity contribution is 5.64. The van der Waals surface area contributed by atoms with Crippen molar-refractivity contribution in [1.82, 2.24) is 10.2 Å². The smallest absolute Gasteiger partial charge is 0.118 e. The zero-order chi connectivity index (χ0) is 11.5. The van der Waals surface area contributed by atoms with E-state index >= 15 is 0 Å². The zero-order valence-electron chi connectivity index (χ0n) is 9.82. The summed E-state index contributed by atoms with van der Waals surface area (Å²) in [6.45, 7) is 4.33. The quantitative estimate of drug-likeness (QED) is 0.855. The molecular weight excluding hydrogens is 200 g/mol. The Morgan fingerprint density at radius 2 is 1.88 bits per heavy atom. The van der Waals surface area contributed by atoms with E-state index in [1.54, 1.807) is 7.11 Å². The fourth-order valence-corrected chi connectivity index (χ4v) is 1.72. The van der Waals surface area contributed by atoms with Gasteiger partial charge >= 0.3 is 0 Å². The molecule has 0 spiro atoms. The Hall–Kier alpha value is -1.77. The van der Waals surface area contributed by atoms with Crippen molar-refractivity contribution in [2.75, 3.05) is 7.11 Å². The standard InChI is InChI=1S/C13H16N2O/c1-9(2)12-8-14-15-13(12)10-4-6-11(16-3)7-5-10/h4-9H,1-3H3,(H,14,15). The summed E-state index contributed by atoms with van der Waals surface area (Å²) in [7, 11) is 1.67. The molecule has 0 aliphatic heterocycles. The van der Waals surface area contributed by atoms with E-state index in [9.17, 15) is 0 Å². The molecular formula is C13H16N2O. The van der Waals surface area contributed by atoms with Gasteiger partial charge in [-0.05, 0) is 30.2 Å². The van der Waals surface area contributed by atoms with Crippen molar-refractivity contribution in [3.8, 4) is 17.0 Å². The number of aromatic amines is 1. The molecule has 1 aromatic heterocycles. The number of ether oxygens (including phenoxy) is 1. The van der Waals surface area contributed by atoms with Crippen LogP contribution in [0.15, 0.2) is 30.5 Å². The second-order valence-electron chi connectivity index (χ2n) is 4.08. The van der Waals surface area contributed by atoms with Crippen LogP contribution in [0.1, 0.15) is 25.3 Å². The minimum atomic E-state index is 0.468. The normalized spacial score (nSPS) is 10.8. The summed E-state index contributed by atoms with van der Waals surface area (Å²) >= 11 is 0. The van der Waals surface area contributed by atoms with E-state index in [1.165, 1.54) is 5.56 Å². The van der Waals surface area contributed by atoms with Crippen molar-refractivity contribution in [1.29, 1.82) is 0 Å². The predicted molar refractivity (Wildman–Crippen MR) is 64.7 cm³/mol. The molecule has 16 heavy (non-hydrogen) atoms. The summed E-state index contributed by atoms with van der Waals surface area (Å²) in [5.74, 6) is 1.34. The van der Waals surface area contributed by atoms with Crippen molar-refractivity contribution in [3.05, 3.63) is 36.0 Å². The molecule has 0 aliphatic carbocycles. The minimum absolute atomic E-state index is 0.468. The van der Waals surface area contributed by atoms with Gasteiger partial charge in [0.15, 0.2) is 0 Å². The minimum Gasteiger partial charge on any atom is -0.497 e.